The third-order valence-corrected chi connectivity index (χ3v) is 3.90. The zero-order chi connectivity index (χ0) is 14.7. The predicted octanol–water partition coefficient (Wildman–Crippen LogP) is 3.70. The first-order valence-electron chi connectivity index (χ1n) is 7.78. The van der Waals surface area contributed by atoms with Crippen LogP contribution < -0.4 is 5.73 Å². The molecule has 3 aromatic rings. The Morgan fingerprint density at radius 3 is 2.73 bits per heavy atom. The molecule has 22 heavy (non-hydrogen) atoms. The summed E-state index contributed by atoms with van der Waals surface area (Å²) in [5.74, 6) is 1.17. The molecule has 0 bridgehead atoms. The van der Waals surface area contributed by atoms with E-state index in [0.29, 0.717) is 6.54 Å². The first-order chi connectivity index (χ1) is 10.3. The van der Waals surface area contributed by atoms with E-state index in [1.807, 2.05) is 12.3 Å². The van der Waals surface area contributed by atoms with Crippen molar-refractivity contribution in [1.29, 1.82) is 0 Å². The molecule has 0 amide bonds. The van der Waals surface area contributed by atoms with E-state index in [0.717, 1.165) is 36.8 Å². The van der Waals surface area contributed by atoms with E-state index < -0.39 is 0 Å². The number of aromatic nitrogens is 3. The molecular formula is C17H23ClN4. The number of nitrogens with two attached hydrogens (primary N) is 1. The maximum absolute atomic E-state index is 5.71. The maximum Gasteiger partial charge on any atom is 0.109 e. The van der Waals surface area contributed by atoms with Gasteiger partial charge < -0.3 is 10.3 Å². The summed E-state index contributed by atoms with van der Waals surface area (Å²) in [5, 5.41) is 1.18. The van der Waals surface area contributed by atoms with Gasteiger partial charge in [0, 0.05) is 18.4 Å². The number of unbranched alkanes of at least 4 members (excludes halogenated alkanes) is 1. The molecule has 0 aliphatic carbocycles. The molecule has 4 nitrogen and oxygen atoms in total. The second kappa shape index (κ2) is 7.56. The Morgan fingerprint density at radius 1 is 1.14 bits per heavy atom. The Balaban J connectivity index is 0.00000176. The molecule has 3 rings (SSSR count). The van der Waals surface area contributed by atoms with Crippen molar-refractivity contribution >= 4 is 34.3 Å². The standard InChI is InChI=1S/C17H22N4.ClH/c1-2-3-9-16-20-15-12-19-14-8-5-4-7-13(14)17(15)21(16)11-6-10-18;/h4-5,7-8,12H,2-3,6,9-11,18H2,1H3;1H. The summed E-state index contributed by atoms with van der Waals surface area (Å²) in [6, 6.07) is 8.28. The lowest BCUT2D eigenvalue weighted by atomic mass is 10.2. The highest BCUT2D eigenvalue weighted by molar-refractivity contribution is 6.02. The molecule has 0 saturated carbocycles. The number of fused-ring (bicyclic) bond motifs is 3. The number of aryl methyl sites for hydroxylation is 2. The molecule has 2 N–H and O–H groups in total. The largest absolute Gasteiger partial charge is 0.330 e. The van der Waals surface area contributed by atoms with Crippen LogP contribution in [0, 0.1) is 0 Å². The fourth-order valence-electron chi connectivity index (χ4n) is 2.83. The van der Waals surface area contributed by atoms with E-state index in [1.165, 1.54) is 23.1 Å². The summed E-state index contributed by atoms with van der Waals surface area (Å²) in [6.45, 7) is 3.85. The number of rotatable bonds is 6. The average Bonchev–Trinajstić information content (AvgIpc) is 2.88. The molecule has 0 spiro atoms. The minimum absolute atomic E-state index is 0. The van der Waals surface area contributed by atoms with Gasteiger partial charge in [0.05, 0.1) is 17.2 Å². The lowest BCUT2D eigenvalue weighted by Gasteiger charge is -2.09. The van der Waals surface area contributed by atoms with Crippen LogP contribution in [0.3, 0.4) is 0 Å². The van der Waals surface area contributed by atoms with E-state index in [9.17, 15) is 0 Å². The molecule has 0 aliphatic rings. The monoisotopic (exact) mass is 318 g/mol. The molecule has 2 aromatic heterocycles. The Bertz CT molecular complexity index is 751. The van der Waals surface area contributed by atoms with Crippen LogP contribution in [0.1, 0.15) is 32.0 Å². The normalized spacial score (nSPS) is 11.0. The number of nitrogens with zero attached hydrogens (tertiary/aromatic N) is 3. The number of para-hydroxylation sites is 1. The van der Waals surface area contributed by atoms with Crippen LogP contribution in [0.5, 0.6) is 0 Å². The minimum Gasteiger partial charge on any atom is -0.330 e. The van der Waals surface area contributed by atoms with Crippen molar-refractivity contribution in [3.8, 4) is 0 Å². The zero-order valence-electron chi connectivity index (χ0n) is 13.0. The second-order valence-electron chi connectivity index (χ2n) is 5.43. The third-order valence-electron chi connectivity index (χ3n) is 3.90. The van der Waals surface area contributed by atoms with Crippen molar-refractivity contribution in [1.82, 2.24) is 14.5 Å². The summed E-state index contributed by atoms with van der Waals surface area (Å²) in [4.78, 5) is 9.34. The van der Waals surface area contributed by atoms with Crippen LogP contribution in [0.4, 0.5) is 0 Å². The number of hydrogen-bond donors (Lipinski definition) is 1. The summed E-state index contributed by atoms with van der Waals surface area (Å²) in [6.07, 6.45) is 6.23. The quantitative estimate of drug-likeness (QED) is 0.754. The summed E-state index contributed by atoms with van der Waals surface area (Å²) in [7, 11) is 0. The van der Waals surface area contributed by atoms with Crippen molar-refractivity contribution in [2.24, 2.45) is 5.73 Å². The molecule has 118 valence electrons. The second-order valence-corrected chi connectivity index (χ2v) is 5.43. The van der Waals surface area contributed by atoms with Gasteiger partial charge in [-0.2, -0.15) is 0 Å². The maximum atomic E-state index is 5.71. The molecule has 1 aromatic carbocycles. The highest BCUT2D eigenvalue weighted by atomic mass is 35.5. The van der Waals surface area contributed by atoms with Gasteiger partial charge in [0.1, 0.15) is 11.3 Å². The van der Waals surface area contributed by atoms with Gasteiger partial charge in [-0.25, -0.2) is 4.98 Å². The van der Waals surface area contributed by atoms with Gasteiger partial charge in [0.2, 0.25) is 0 Å². The van der Waals surface area contributed by atoms with Gasteiger partial charge in [-0.3, -0.25) is 4.98 Å². The van der Waals surface area contributed by atoms with Gasteiger partial charge in [-0.05, 0) is 25.5 Å². The van der Waals surface area contributed by atoms with Gasteiger partial charge in [0.15, 0.2) is 0 Å². The van der Waals surface area contributed by atoms with Gasteiger partial charge in [-0.15, -0.1) is 12.4 Å². The highest BCUT2D eigenvalue weighted by Gasteiger charge is 2.13. The summed E-state index contributed by atoms with van der Waals surface area (Å²) in [5.41, 5.74) is 8.94. The number of halogens is 1. The number of imidazole rings is 1. The Kier molecular flexibility index (Phi) is 5.75. The van der Waals surface area contributed by atoms with E-state index in [-0.39, 0.29) is 12.4 Å². The Morgan fingerprint density at radius 2 is 1.95 bits per heavy atom. The summed E-state index contributed by atoms with van der Waals surface area (Å²) >= 11 is 0. The van der Waals surface area contributed by atoms with Crippen LogP contribution >= 0.6 is 12.4 Å². The molecule has 0 unspecified atom stereocenters. The first-order valence-corrected chi connectivity index (χ1v) is 7.78. The Labute approximate surface area is 137 Å². The van der Waals surface area contributed by atoms with E-state index in [2.05, 4.69) is 34.7 Å². The molecule has 5 heteroatoms. The van der Waals surface area contributed by atoms with Crippen LogP contribution in [0.15, 0.2) is 30.5 Å². The Hall–Kier alpha value is -1.65. The van der Waals surface area contributed by atoms with Gasteiger partial charge in [-0.1, -0.05) is 31.5 Å². The fourth-order valence-corrected chi connectivity index (χ4v) is 2.83. The number of benzene rings is 1. The van der Waals surface area contributed by atoms with E-state index in [1.54, 1.807) is 0 Å². The van der Waals surface area contributed by atoms with Crippen molar-refractivity contribution in [3.05, 3.63) is 36.3 Å². The summed E-state index contributed by atoms with van der Waals surface area (Å²) < 4.78 is 2.35. The lowest BCUT2D eigenvalue weighted by Crippen LogP contribution is -2.09. The minimum atomic E-state index is 0. The lowest BCUT2D eigenvalue weighted by molar-refractivity contribution is 0.618. The predicted molar refractivity (Wildman–Crippen MR) is 94.6 cm³/mol. The van der Waals surface area contributed by atoms with Gasteiger partial charge >= 0.3 is 0 Å². The van der Waals surface area contributed by atoms with E-state index >= 15 is 0 Å². The van der Waals surface area contributed by atoms with Crippen molar-refractivity contribution in [2.75, 3.05) is 6.54 Å². The highest BCUT2D eigenvalue weighted by Crippen LogP contribution is 2.25. The molecule has 0 radical (unpaired) electrons. The van der Waals surface area contributed by atoms with E-state index in [4.69, 9.17) is 10.7 Å². The first kappa shape index (κ1) is 16.7. The third kappa shape index (κ3) is 3.08. The van der Waals surface area contributed by atoms with Crippen LogP contribution in [-0.4, -0.2) is 21.1 Å². The molecule has 0 atom stereocenters. The smallest absolute Gasteiger partial charge is 0.109 e. The average molecular weight is 319 g/mol. The van der Waals surface area contributed by atoms with Crippen LogP contribution in [0.25, 0.3) is 21.9 Å². The van der Waals surface area contributed by atoms with Gasteiger partial charge in [0.25, 0.3) is 0 Å². The molecule has 0 aliphatic heterocycles. The molecule has 0 fully saturated rings. The van der Waals surface area contributed by atoms with Crippen molar-refractivity contribution in [2.45, 2.75) is 39.2 Å². The van der Waals surface area contributed by atoms with Crippen molar-refractivity contribution < 1.29 is 0 Å². The van der Waals surface area contributed by atoms with Crippen LogP contribution in [-0.2, 0) is 13.0 Å². The number of pyridine rings is 1. The molecule has 0 saturated heterocycles. The molecule has 2 heterocycles. The van der Waals surface area contributed by atoms with Crippen LogP contribution in [0.2, 0.25) is 0 Å². The molecular weight excluding hydrogens is 296 g/mol. The fraction of sp³-hybridized carbons (Fsp3) is 0.412. The number of hydrogen-bond acceptors (Lipinski definition) is 3. The van der Waals surface area contributed by atoms with Crippen molar-refractivity contribution in [3.63, 3.8) is 0 Å². The zero-order valence-corrected chi connectivity index (χ0v) is 13.8. The topological polar surface area (TPSA) is 56.7 Å². The SMILES string of the molecule is CCCCc1nc2cnc3ccccc3c2n1CCCN.Cl.